The molecule has 0 aliphatic heterocycles. The van der Waals surface area contributed by atoms with E-state index < -0.39 is 11.8 Å². The topological polar surface area (TPSA) is 52.6 Å². The number of ether oxygens (including phenoxy) is 2. The lowest BCUT2D eigenvalue weighted by molar-refractivity contribution is -0.160. The number of carbonyl (C=O) groups is 2. The van der Waals surface area contributed by atoms with Gasteiger partial charge in [0.1, 0.15) is 0 Å². The third kappa shape index (κ3) is 1.86. The van der Waals surface area contributed by atoms with Crippen LogP contribution in [0.1, 0.15) is 34.1 Å². The van der Waals surface area contributed by atoms with E-state index in [0.717, 1.165) is 22.3 Å². The van der Waals surface area contributed by atoms with Crippen molar-refractivity contribution >= 4 is 11.9 Å². The Morgan fingerprint density at radius 3 is 1.21 bits per heavy atom. The van der Waals surface area contributed by atoms with Crippen LogP contribution in [0.25, 0.3) is 0 Å². The van der Waals surface area contributed by atoms with Crippen LogP contribution in [-0.2, 0) is 19.1 Å². The molecule has 2 aromatic carbocycles. The van der Waals surface area contributed by atoms with Crippen LogP contribution in [0.4, 0.5) is 0 Å². The number of carbonyl (C=O) groups excluding carboxylic acids is 2. The van der Waals surface area contributed by atoms with Crippen molar-refractivity contribution in [3.8, 4) is 0 Å². The van der Waals surface area contributed by atoms with Gasteiger partial charge < -0.3 is 9.47 Å². The molecule has 4 heteroatoms. The maximum absolute atomic E-state index is 12.6. The lowest BCUT2D eigenvalue weighted by atomic mass is 9.54. The van der Waals surface area contributed by atoms with Crippen LogP contribution < -0.4 is 0 Å². The molecule has 2 atom stereocenters. The number of esters is 2. The second-order valence-electron chi connectivity index (χ2n) is 6.31. The molecule has 3 aliphatic carbocycles. The lowest BCUT2D eigenvalue weighted by Gasteiger charge is -2.48. The van der Waals surface area contributed by atoms with Gasteiger partial charge in [-0.05, 0) is 22.3 Å². The first-order valence-corrected chi connectivity index (χ1v) is 8.02. The van der Waals surface area contributed by atoms with E-state index in [1.807, 2.05) is 48.5 Å². The van der Waals surface area contributed by atoms with Crippen LogP contribution in [-0.4, -0.2) is 26.2 Å². The van der Waals surface area contributed by atoms with Crippen LogP contribution >= 0.6 is 0 Å². The van der Waals surface area contributed by atoms with Gasteiger partial charge >= 0.3 is 11.9 Å². The summed E-state index contributed by atoms with van der Waals surface area (Å²) < 4.78 is 10.1. The van der Waals surface area contributed by atoms with Gasteiger partial charge in [-0.3, -0.25) is 9.59 Å². The van der Waals surface area contributed by atoms with Crippen molar-refractivity contribution in [1.82, 2.24) is 0 Å². The summed E-state index contributed by atoms with van der Waals surface area (Å²) in [6.45, 7) is 0. The molecule has 0 saturated heterocycles. The average molecular weight is 322 g/mol. The number of methoxy groups -OCH3 is 2. The minimum atomic E-state index is -0.558. The minimum absolute atomic E-state index is 0.182. The first kappa shape index (κ1) is 14.9. The van der Waals surface area contributed by atoms with Gasteiger partial charge in [0.15, 0.2) is 0 Å². The Kier molecular flexibility index (Phi) is 3.41. The highest BCUT2D eigenvalue weighted by molar-refractivity contribution is 5.87. The van der Waals surface area contributed by atoms with E-state index >= 15 is 0 Å². The summed E-state index contributed by atoms with van der Waals surface area (Å²) in [5.74, 6) is -2.19. The quantitative estimate of drug-likeness (QED) is 0.798. The second-order valence-corrected chi connectivity index (χ2v) is 6.31. The molecule has 2 aromatic rings. The van der Waals surface area contributed by atoms with Crippen LogP contribution in [0, 0.1) is 11.8 Å². The van der Waals surface area contributed by atoms with Gasteiger partial charge in [-0.1, -0.05) is 48.5 Å². The standard InChI is InChI=1S/C20H18O4/c1-23-19(21)17-15-11-7-3-5-9-13(11)16(18(17)20(22)24-2)14-10-6-4-8-12(14)15/h3-10,15-18H,1-2H3/t15?,16?,17-,18-/m0/s1. The van der Waals surface area contributed by atoms with Gasteiger partial charge in [0.2, 0.25) is 0 Å². The molecule has 0 fully saturated rings. The molecule has 0 amide bonds. The molecule has 0 aromatic heterocycles. The van der Waals surface area contributed by atoms with Crippen molar-refractivity contribution in [2.24, 2.45) is 11.8 Å². The molecule has 24 heavy (non-hydrogen) atoms. The van der Waals surface area contributed by atoms with Gasteiger partial charge in [-0.2, -0.15) is 0 Å². The van der Waals surface area contributed by atoms with Crippen molar-refractivity contribution in [1.29, 1.82) is 0 Å². The number of rotatable bonds is 2. The summed E-state index contributed by atoms with van der Waals surface area (Å²) in [5, 5.41) is 0. The third-order valence-electron chi connectivity index (χ3n) is 5.38. The average Bonchev–Trinajstić information content (AvgIpc) is 2.66. The molecule has 0 radical (unpaired) electrons. The van der Waals surface area contributed by atoms with E-state index in [4.69, 9.17) is 9.47 Å². The zero-order valence-corrected chi connectivity index (χ0v) is 13.6. The zero-order valence-electron chi connectivity index (χ0n) is 13.6. The Morgan fingerprint density at radius 1 is 0.667 bits per heavy atom. The number of benzene rings is 2. The molecule has 0 unspecified atom stereocenters. The van der Waals surface area contributed by atoms with Crippen molar-refractivity contribution < 1.29 is 19.1 Å². The number of fused-ring (bicyclic) bond motifs is 1. The lowest BCUT2D eigenvalue weighted by Crippen LogP contribution is -2.47. The largest absolute Gasteiger partial charge is 0.469 e. The first-order valence-electron chi connectivity index (χ1n) is 8.02. The summed E-state index contributed by atoms with van der Waals surface area (Å²) in [6.07, 6.45) is 0. The van der Waals surface area contributed by atoms with E-state index in [1.165, 1.54) is 14.2 Å². The van der Waals surface area contributed by atoms with Crippen LogP contribution in [0.15, 0.2) is 48.5 Å². The van der Waals surface area contributed by atoms with Crippen LogP contribution in [0.2, 0.25) is 0 Å². The molecular weight excluding hydrogens is 304 g/mol. The molecule has 3 aliphatic rings. The van der Waals surface area contributed by atoms with E-state index in [9.17, 15) is 9.59 Å². The fraction of sp³-hybridized carbons (Fsp3) is 0.300. The molecule has 0 heterocycles. The monoisotopic (exact) mass is 322 g/mol. The van der Waals surface area contributed by atoms with Crippen molar-refractivity contribution in [2.45, 2.75) is 11.8 Å². The third-order valence-corrected chi connectivity index (χ3v) is 5.38. The van der Waals surface area contributed by atoms with Crippen LogP contribution in [0.3, 0.4) is 0 Å². The fourth-order valence-corrected chi connectivity index (χ4v) is 4.52. The van der Waals surface area contributed by atoms with Gasteiger partial charge in [0.25, 0.3) is 0 Å². The Balaban J connectivity index is 2.02. The Morgan fingerprint density at radius 2 is 0.958 bits per heavy atom. The van der Waals surface area contributed by atoms with E-state index in [-0.39, 0.29) is 23.8 Å². The maximum Gasteiger partial charge on any atom is 0.310 e. The zero-order chi connectivity index (χ0) is 16.8. The fourth-order valence-electron chi connectivity index (χ4n) is 4.52. The summed E-state index contributed by atoms with van der Waals surface area (Å²) in [7, 11) is 2.74. The Labute approximate surface area is 140 Å². The molecule has 122 valence electrons. The highest BCUT2D eigenvalue weighted by atomic mass is 16.5. The van der Waals surface area contributed by atoms with E-state index in [0.29, 0.717) is 0 Å². The predicted octanol–water partition coefficient (Wildman–Crippen LogP) is 2.86. The molecular formula is C20H18O4. The smallest absolute Gasteiger partial charge is 0.310 e. The maximum atomic E-state index is 12.6. The summed E-state index contributed by atoms with van der Waals surface area (Å²) >= 11 is 0. The predicted molar refractivity (Wildman–Crippen MR) is 87.6 cm³/mol. The normalized spacial score (nSPS) is 26.2. The summed E-state index contributed by atoms with van der Waals surface area (Å²) in [6, 6.07) is 16.1. The van der Waals surface area contributed by atoms with Gasteiger partial charge in [0, 0.05) is 11.8 Å². The van der Waals surface area contributed by atoms with Crippen molar-refractivity contribution in [3.63, 3.8) is 0 Å². The van der Waals surface area contributed by atoms with Gasteiger partial charge in [-0.15, -0.1) is 0 Å². The number of hydrogen-bond acceptors (Lipinski definition) is 4. The van der Waals surface area contributed by atoms with Crippen molar-refractivity contribution in [2.75, 3.05) is 14.2 Å². The van der Waals surface area contributed by atoms with E-state index in [1.54, 1.807) is 0 Å². The molecule has 0 saturated carbocycles. The highest BCUT2D eigenvalue weighted by Gasteiger charge is 2.56. The van der Waals surface area contributed by atoms with E-state index in [2.05, 4.69) is 0 Å². The van der Waals surface area contributed by atoms with Gasteiger partial charge in [-0.25, -0.2) is 0 Å². The Bertz CT molecular complexity index is 710. The minimum Gasteiger partial charge on any atom is -0.469 e. The molecule has 4 nitrogen and oxygen atoms in total. The molecule has 0 N–H and O–H groups in total. The first-order chi connectivity index (χ1) is 11.7. The SMILES string of the molecule is COC(=O)[C@H]1C2c3ccccc3C(c3ccccc32)[C@@H]1C(=O)OC. The summed E-state index contributed by atoms with van der Waals surface area (Å²) in [4.78, 5) is 25.2. The van der Waals surface area contributed by atoms with Crippen LogP contribution in [0.5, 0.6) is 0 Å². The number of hydrogen-bond donors (Lipinski definition) is 0. The molecule has 5 rings (SSSR count). The molecule has 2 bridgehead atoms. The second kappa shape index (κ2) is 5.48. The summed E-state index contributed by atoms with van der Waals surface area (Å²) in [5.41, 5.74) is 4.43. The van der Waals surface area contributed by atoms with Gasteiger partial charge in [0.05, 0.1) is 26.1 Å². The Hall–Kier alpha value is -2.62. The highest BCUT2D eigenvalue weighted by Crippen LogP contribution is 2.58. The molecule has 0 spiro atoms. The van der Waals surface area contributed by atoms with Crippen molar-refractivity contribution in [3.05, 3.63) is 70.8 Å².